The lowest BCUT2D eigenvalue weighted by molar-refractivity contribution is 0.101. The van der Waals surface area contributed by atoms with Crippen molar-refractivity contribution in [3.63, 3.8) is 0 Å². The average molecular weight is 257 g/mol. The molecule has 0 heterocycles. The Labute approximate surface area is 101 Å². The third-order valence-electron chi connectivity index (χ3n) is 2.11. The summed E-state index contributed by atoms with van der Waals surface area (Å²) in [6, 6.07) is 6.29. The molecule has 0 aliphatic carbocycles. The number of aliphatic hydroxyl groups excluding tert-OH is 1. The maximum Gasteiger partial charge on any atom is 0.232 e. The third kappa shape index (κ3) is 4.54. The Kier molecular flexibility index (Phi) is 4.65. The van der Waals surface area contributed by atoms with E-state index < -0.39 is 10.0 Å². The molecule has 0 saturated heterocycles. The monoisotopic (exact) mass is 257 g/mol. The predicted molar refractivity (Wildman–Crippen MR) is 65.6 cm³/mol. The van der Waals surface area contributed by atoms with E-state index in [4.69, 9.17) is 5.11 Å². The van der Waals surface area contributed by atoms with Gasteiger partial charge in [0.25, 0.3) is 0 Å². The lowest BCUT2D eigenvalue weighted by atomic mass is 10.1. The van der Waals surface area contributed by atoms with Gasteiger partial charge in [0.15, 0.2) is 5.78 Å². The fourth-order valence-corrected chi connectivity index (χ4v) is 2.38. The smallest absolute Gasteiger partial charge is 0.232 e. The highest BCUT2D eigenvalue weighted by Crippen LogP contribution is 2.13. The van der Waals surface area contributed by atoms with Crippen molar-refractivity contribution < 1.29 is 18.3 Å². The highest BCUT2D eigenvalue weighted by Gasteiger charge is 2.10. The van der Waals surface area contributed by atoms with Crippen LogP contribution in [0.25, 0.3) is 0 Å². The van der Waals surface area contributed by atoms with Crippen molar-refractivity contribution in [2.24, 2.45) is 0 Å². The van der Waals surface area contributed by atoms with Gasteiger partial charge in [0, 0.05) is 17.9 Å². The Balaban J connectivity index is 2.81. The molecule has 0 atom stereocenters. The summed E-state index contributed by atoms with van der Waals surface area (Å²) in [5.41, 5.74) is 0.808. The number of nitrogens with one attached hydrogen (secondary N) is 1. The van der Waals surface area contributed by atoms with Crippen LogP contribution in [-0.4, -0.2) is 31.7 Å². The molecule has 0 aromatic heterocycles. The van der Waals surface area contributed by atoms with Gasteiger partial charge in [0.1, 0.15) is 0 Å². The van der Waals surface area contributed by atoms with E-state index in [1.807, 2.05) is 0 Å². The Morgan fingerprint density at radius 2 is 2.12 bits per heavy atom. The Morgan fingerprint density at radius 1 is 1.41 bits per heavy atom. The number of carbonyl (C=O) groups is 1. The second-order valence-corrected chi connectivity index (χ2v) is 5.48. The van der Waals surface area contributed by atoms with E-state index in [1.165, 1.54) is 13.0 Å². The van der Waals surface area contributed by atoms with Gasteiger partial charge >= 0.3 is 0 Å². The fraction of sp³-hybridized carbons (Fsp3) is 0.364. The molecular weight excluding hydrogens is 242 g/mol. The second kappa shape index (κ2) is 5.79. The molecule has 1 rings (SSSR count). The molecule has 6 heteroatoms. The number of hydrogen-bond acceptors (Lipinski definition) is 4. The molecule has 0 aliphatic rings. The minimum Gasteiger partial charge on any atom is -0.396 e. The molecule has 0 spiro atoms. The first-order valence-corrected chi connectivity index (χ1v) is 6.82. The van der Waals surface area contributed by atoms with E-state index in [9.17, 15) is 13.2 Å². The zero-order chi connectivity index (χ0) is 12.9. The minimum atomic E-state index is -3.46. The lowest BCUT2D eigenvalue weighted by Gasteiger charge is -2.08. The Morgan fingerprint density at radius 3 is 2.71 bits per heavy atom. The quantitative estimate of drug-likeness (QED) is 0.745. The molecule has 5 nitrogen and oxygen atoms in total. The van der Waals surface area contributed by atoms with Gasteiger partial charge in [-0.2, -0.15) is 0 Å². The molecule has 0 aliphatic heterocycles. The third-order valence-corrected chi connectivity index (χ3v) is 3.49. The first kappa shape index (κ1) is 13.7. The van der Waals surface area contributed by atoms with Gasteiger partial charge in [-0.3, -0.25) is 9.52 Å². The fourth-order valence-electron chi connectivity index (χ4n) is 1.29. The van der Waals surface area contributed by atoms with Gasteiger partial charge < -0.3 is 5.11 Å². The van der Waals surface area contributed by atoms with Crippen molar-refractivity contribution in [1.29, 1.82) is 0 Å². The van der Waals surface area contributed by atoms with Crippen molar-refractivity contribution >= 4 is 21.5 Å². The van der Waals surface area contributed by atoms with Crippen LogP contribution < -0.4 is 4.72 Å². The van der Waals surface area contributed by atoms with E-state index >= 15 is 0 Å². The molecule has 94 valence electrons. The van der Waals surface area contributed by atoms with E-state index in [2.05, 4.69) is 4.72 Å². The van der Waals surface area contributed by atoms with Crippen LogP contribution in [-0.2, 0) is 10.0 Å². The summed E-state index contributed by atoms with van der Waals surface area (Å²) < 4.78 is 25.4. The number of hydrogen-bond donors (Lipinski definition) is 2. The summed E-state index contributed by atoms with van der Waals surface area (Å²) in [4.78, 5) is 11.1. The summed E-state index contributed by atoms with van der Waals surface area (Å²) >= 11 is 0. The lowest BCUT2D eigenvalue weighted by Crippen LogP contribution is -2.17. The van der Waals surface area contributed by atoms with Crippen LogP contribution in [0.3, 0.4) is 0 Å². The molecule has 17 heavy (non-hydrogen) atoms. The van der Waals surface area contributed by atoms with Crippen LogP contribution >= 0.6 is 0 Å². The average Bonchev–Trinajstić information content (AvgIpc) is 2.26. The van der Waals surface area contributed by atoms with Crippen LogP contribution in [0.5, 0.6) is 0 Å². The topological polar surface area (TPSA) is 83.5 Å². The summed E-state index contributed by atoms with van der Waals surface area (Å²) in [6.07, 6.45) is 0.182. The highest BCUT2D eigenvalue weighted by molar-refractivity contribution is 7.92. The van der Waals surface area contributed by atoms with Crippen LogP contribution in [0.1, 0.15) is 23.7 Å². The second-order valence-electron chi connectivity index (χ2n) is 3.64. The first-order chi connectivity index (χ1) is 7.94. The van der Waals surface area contributed by atoms with Crippen LogP contribution in [0.4, 0.5) is 5.69 Å². The molecule has 1 aromatic rings. The van der Waals surface area contributed by atoms with Crippen LogP contribution in [0.15, 0.2) is 24.3 Å². The molecule has 0 amide bonds. The number of anilines is 1. The summed E-state index contributed by atoms with van der Waals surface area (Å²) in [5, 5.41) is 8.58. The number of ketones is 1. The number of benzene rings is 1. The molecule has 0 unspecified atom stereocenters. The summed E-state index contributed by atoms with van der Waals surface area (Å²) in [5.74, 6) is -0.269. The zero-order valence-corrected chi connectivity index (χ0v) is 10.3. The van der Waals surface area contributed by atoms with E-state index in [1.54, 1.807) is 18.2 Å². The largest absolute Gasteiger partial charge is 0.396 e. The first-order valence-electron chi connectivity index (χ1n) is 5.17. The van der Waals surface area contributed by atoms with Crippen molar-refractivity contribution in [3.8, 4) is 0 Å². The van der Waals surface area contributed by atoms with Crippen molar-refractivity contribution in [2.75, 3.05) is 17.1 Å². The van der Waals surface area contributed by atoms with Gasteiger partial charge in [0.2, 0.25) is 10.0 Å². The standard InChI is InChI=1S/C11H15NO4S/c1-9(14)10-4-2-5-11(8-10)12-17(15,16)7-3-6-13/h2,4-5,8,12-13H,3,6-7H2,1H3. The zero-order valence-electron chi connectivity index (χ0n) is 9.51. The van der Waals surface area contributed by atoms with Crippen molar-refractivity contribution in [3.05, 3.63) is 29.8 Å². The van der Waals surface area contributed by atoms with Crippen LogP contribution in [0, 0.1) is 0 Å². The van der Waals surface area contributed by atoms with Crippen molar-refractivity contribution in [2.45, 2.75) is 13.3 Å². The number of Topliss-reactive ketones (excluding diaryl/α,β-unsaturated/α-hetero) is 1. The molecule has 2 N–H and O–H groups in total. The predicted octanol–water partition coefficient (Wildman–Crippen LogP) is 1.01. The molecular formula is C11H15NO4S. The number of rotatable bonds is 6. The highest BCUT2D eigenvalue weighted by atomic mass is 32.2. The normalized spacial score (nSPS) is 11.2. The van der Waals surface area contributed by atoms with Gasteiger partial charge in [0.05, 0.1) is 5.75 Å². The van der Waals surface area contributed by atoms with E-state index in [0.29, 0.717) is 11.3 Å². The number of sulfonamides is 1. The summed E-state index contributed by atoms with van der Waals surface area (Å²) in [7, 11) is -3.46. The maximum atomic E-state index is 11.5. The maximum absolute atomic E-state index is 11.5. The van der Waals surface area contributed by atoms with E-state index in [0.717, 1.165) is 0 Å². The molecule has 0 radical (unpaired) electrons. The Hall–Kier alpha value is -1.40. The number of carbonyl (C=O) groups excluding carboxylic acids is 1. The number of aliphatic hydroxyl groups is 1. The van der Waals surface area contributed by atoms with Gasteiger partial charge in [-0.25, -0.2) is 8.42 Å². The van der Waals surface area contributed by atoms with Crippen molar-refractivity contribution in [1.82, 2.24) is 0 Å². The van der Waals surface area contributed by atoms with E-state index in [-0.39, 0.29) is 24.6 Å². The van der Waals surface area contributed by atoms with Crippen LogP contribution in [0.2, 0.25) is 0 Å². The van der Waals surface area contributed by atoms with Gasteiger partial charge in [-0.15, -0.1) is 0 Å². The Bertz CT molecular complexity index is 496. The minimum absolute atomic E-state index is 0.124. The molecule has 0 saturated carbocycles. The van der Waals surface area contributed by atoms with Gasteiger partial charge in [-0.05, 0) is 25.5 Å². The molecule has 0 bridgehead atoms. The summed E-state index contributed by atoms with van der Waals surface area (Å²) in [6.45, 7) is 1.24. The molecule has 1 aromatic carbocycles. The van der Waals surface area contributed by atoms with Gasteiger partial charge in [-0.1, -0.05) is 12.1 Å². The SMILES string of the molecule is CC(=O)c1cccc(NS(=O)(=O)CCCO)c1. The molecule has 0 fully saturated rings.